The summed E-state index contributed by atoms with van der Waals surface area (Å²) in [7, 11) is 3.16. The van der Waals surface area contributed by atoms with E-state index in [0.717, 1.165) is 5.56 Å². The van der Waals surface area contributed by atoms with E-state index in [1.165, 1.54) is 22.9 Å². The number of ether oxygens (including phenoxy) is 1. The molecule has 9 heteroatoms. The van der Waals surface area contributed by atoms with Crippen LogP contribution in [0.5, 0.6) is 5.75 Å². The summed E-state index contributed by atoms with van der Waals surface area (Å²) in [4.78, 5) is 24.4. The van der Waals surface area contributed by atoms with E-state index in [0.29, 0.717) is 17.3 Å². The van der Waals surface area contributed by atoms with Crippen LogP contribution in [-0.4, -0.2) is 51.0 Å². The number of amides is 1. The molecule has 8 nitrogen and oxygen atoms in total. The number of hydrogen-bond acceptors (Lipinski definition) is 5. The third-order valence-corrected chi connectivity index (χ3v) is 3.37. The number of carbonyl (C=O) groups excluding carboxylic acids is 1. The maximum Gasteiger partial charge on any atom is 0.358 e. The Balaban J connectivity index is 2.05. The van der Waals surface area contributed by atoms with Gasteiger partial charge in [-0.2, -0.15) is 0 Å². The monoisotopic (exact) mass is 338 g/mol. The molecule has 2 aromatic rings. The van der Waals surface area contributed by atoms with Gasteiger partial charge >= 0.3 is 5.97 Å². The zero-order valence-corrected chi connectivity index (χ0v) is 13.3. The molecule has 0 spiro atoms. The van der Waals surface area contributed by atoms with E-state index in [9.17, 15) is 9.59 Å². The normalized spacial score (nSPS) is 10.4. The van der Waals surface area contributed by atoms with Crippen LogP contribution in [-0.2, 0) is 17.9 Å². The van der Waals surface area contributed by atoms with Gasteiger partial charge in [-0.3, -0.25) is 4.79 Å². The minimum Gasteiger partial charge on any atom is -0.496 e. The average molecular weight is 339 g/mol. The molecule has 0 bridgehead atoms. The Morgan fingerprint density at radius 3 is 2.78 bits per heavy atom. The summed E-state index contributed by atoms with van der Waals surface area (Å²) in [5.74, 6) is -0.822. The molecular weight excluding hydrogens is 324 g/mol. The van der Waals surface area contributed by atoms with Gasteiger partial charge in [-0.15, -0.1) is 5.10 Å². The quantitative estimate of drug-likeness (QED) is 0.852. The first-order valence-electron chi connectivity index (χ1n) is 6.60. The topological polar surface area (TPSA) is 97.5 Å². The van der Waals surface area contributed by atoms with Crippen LogP contribution in [0.2, 0.25) is 5.02 Å². The SMILES string of the molecule is COc1ccc(Cl)cc1CN(C)C(=O)Cn1cc(C(=O)O)nn1. The van der Waals surface area contributed by atoms with Crippen molar-refractivity contribution in [2.75, 3.05) is 14.2 Å². The number of carboxylic acid groups (broad SMARTS) is 1. The molecule has 0 atom stereocenters. The lowest BCUT2D eigenvalue weighted by Gasteiger charge is -2.19. The standard InChI is InChI=1S/C14H15ClN4O4/c1-18(6-9-5-10(15)3-4-12(9)23-2)13(20)8-19-7-11(14(21)22)16-17-19/h3-5,7H,6,8H2,1-2H3,(H,21,22). The largest absolute Gasteiger partial charge is 0.496 e. The molecule has 0 radical (unpaired) electrons. The van der Waals surface area contributed by atoms with Crippen molar-refractivity contribution in [3.8, 4) is 5.75 Å². The fraction of sp³-hybridized carbons (Fsp3) is 0.286. The number of methoxy groups -OCH3 is 1. The number of aromatic nitrogens is 3. The van der Waals surface area contributed by atoms with Crippen molar-refractivity contribution in [3.63, 3.8) is 0 Å². The Bertz CT molecular complexity index is 731. The summed E-state index contributed by atoms with van der Waals surface area (Å²) in [5, 5.41) is 16.4. The van der Waals surface area contributed by atoms with E-state index in [-0.39, 0.29) is 18.1 Å². The fourth-order valence-corrected chi connectivity index (χ4v) is 2.14. The van der Waals surface area contributed by atoms with E-state index in [4.69, 9.17) is 21.4 Å². The molecule has 1 heterocycles. The zero-order chi connectivity index (χ0) is 17.0. The molecule has 0 saturated carbocycles. The Morgan fingerprint density at radius 2 is 2.17 bits per heavy atom. The number of rotatable bonds is 6. The zero-order valence-electron chi connectivity index (χ0n) is 12.6. The Labute approximate surface area is 137 Å². The van der Waals surface area contributed by atoms with E-state index in [1.807, 2.05) is 0 Å². The summed E-state index contributed by atoms with van der Waals surface area (Å²) in [6.45, 7) is 0.183. The van der Waals surface area contributed by atoms with Crippen molar-refractivity contribution in [1.82, 2.24) is 19.9 Å². The number of carboxylic acids is 1. The number of halogens is 1. The van der Waals surface area contributed by atoms with Gasteiger partial charge in [0.05, 0.1) is 13.3 Å². The molecule has 122 valence electrons. The predicted molar refractivity (Wildman–Crippen MR) is 81.5 cm³/mol. The molecule has 0 unspecified atom stereocenters. The third-order valence-electron chi connectivity index (χ3n) is 3.13. The fourth-order valence-electron chi connectivity index (χ4n) is 1.95. The van der Waals surface area contributed by atoms with Crippen molar-refractivity contribution in [2.45, 2.75) is 13.1 Å². The van der Waals surface area contributed by atoms with E-state index in [1.54, 1.807) is 25.2 Å². The number of aromatic carboxylic acids is 1. The van der Waals surface area contributed by atoms with Crippen molar-refractivity contribution in [1.29, 1.82) is 0 Å². The lowest BCUT2D eigenvalue weighted by Crippen LogP contribution is -2.30. The number of hydrogen-bond donors (Lipinski definition) is 1. The minimum atomic E-state index is -1.19. The second-order valence-electron chi connectivity index (χ2n) is 4.81. The second kappa shape index (κ2) is 7.10. The molecule has 0 saturated heterocycles. The molecule has 0 fully saturated rings. The molecule has 0 aliphatic carbocycles. The number of benzene rings is 1. The smallest absolute Gasteiger partial charge is 0.358 e. The molecule has 1 aromatic carbocycles. The van der Waals surface area contributed by atoms with Crippen LogP contribution in [0.25, 0.3) is 0 Å². The van der Waals surface area contributed by atoms with Crippen molar-refractivity contribution in [2.24, 2.45) is 0 Å². The van der Waals surface area contributed by atoms with Crippen molar-refractivity contribution in [3.05, 3.63) is 40.7 Å². The molecule has 1 N–H and O–H groups in total. The van der Waals surface area contributed by atoms with Gasteiger partial charge in [-0.1, -0.05) is 16.8 Å². The first-order chi connectivity index (χ1) is 10.9. The van der Waals surface area contributed by atoms with Gasteiger partial charge in [0.2, 0.25) is 5.91 Å². The molecule has 23 heavy (non-hydrogen) atoms. The van der Waals surface area contributed by atoms with E-state index >= 15 is 0 Å². The van der Waals surface area contributed by atoms with Crippen LogP contribution in [0, 0.1) is 0 Å². The molecule has 0 aliphatic heterocycles. The molecule has 1 aromatic heterocycles. The summed E-state index contributed by atoms with van der Waals surface area (Å²) in [5.41, 5.74) is 0.553. The summed E-state index contributed by atoms with van der Waals surface area (Å²) < 4.78 is 6.42. The van der Waals surface area contributed by atoms with Crippen LogP contribution in [0.3, 0.4) is 0 Å². The number of nitrogens with zero attached hydrogens (tertiary/aromatic N) is 4. The van der Waals surface area contributed by atoms with E-state index in [2.05, 4.69) is 10.3 Å². The van der Waals surface area contributed by atoms with Crippen LogP contribution >= 0.6 is 11.6 Å². The van der Waals surface area contributed by atoms with Crippen LogP contribution in [0.4, 0.5) is 0 Å². The number of likely N-dealkylation sites (N-methyl/N-ethyl adjacent to an activating group) is 1. The minimum absolute atomic E-state index is 0.111. The van der Waals surface area contributed by atoms with Crippen molar-refractivity contribution < 1.29 is 19.4 Å². The van der Waals surface area contributed by atoms with Gasteiger partial charge < -0.3 is 14.7 Å². The first-order valence-corrected chi connectivity index (χ1v) is 6.98. The van der Waals surface area contributed by atoms with Crippen LogP contribution in [0.1, 0.15) is 16.1 Å². The average Bonchev–Trinajstić information content (AvgIpc) is 2.96. The molecule has 0 aliphatic rings. The summed E-state index contributed by atoms with van der Waals surface area (Å²) >= 11 is 5.96. The molecule has 1 amide bonds. The van der Waals surface area contributed by atoms with Gasteiger partial charge in [0, 0.05) is 24.2 Å². The first kappa shape index (κ1) is 16.8. The Morgan fingerprint density at radius 1 is 1.43 bits per heavy atom. The van der Waals surface area contributed by atoms with Gasteiger partial charge in [0.25, 0.3) is 0 Å². The summed E-state index contributed by atoms with van der Waals surface area (Å²) in [6.07, 6.45) is 1.20. The van der Waals surface area contributed by atoms with Crippen LogP contribution < -0.4 is 4.74 Å². The van der Waals surface area contributed by atoms with Gasteiger partial charge in [0.1, 0.15) is 12.3 Å². The lowest BCUT2D eigenvalue weighted by molar-refractivity contribution is -0.131. The highest BCUT2D eigenvalue weighted by Gasteiger charge is 2.15. The van der Waals surface area contributed by atoms with Gasteiger partial charge in [-0.25, -0.2) is 9.48 Å². The second-order valence-corrected chi connectivity index (χ2v) is 5.25. The maximum atomic E-state index is 12.2. The van der Waals surface area contributed by atoms with Gasteiger partial charge in [-0.05, 0) is 18.2 Å². The maximum absolute atomic E-state index is 12.2. The predicted octanol–water partition coefficient (Wildman–Crippen LogP) is 1.30. The van der Waals surface area contributed by atoms with Crippen LogP contribution in [0.15, 0.2) is 24.4 Å². The molecular formula is C14H15ClN4O4. The van der Waals surface area contributed by atoms with E-state index < -0.39 is 5.97 Å². The highest BCUT2D eigenvalue weighted by Crippen LogP contribution is 2.23. The highest BCUT2D eigenvalue weighted by molar-refractivity contribution is 6.30. The number of carbonyl (C=O) groups is 2. The Kier molecular flexibility index (Phi) is 5.17. The molecule has 2 rings (SSSR count). The lowest BCUT2D eigenvalue weighted by atomic mass is 10.2. The summed E-state index contributed by atoms with van der Waals surface area (Å²) in [6, 6.07) is 5.16. The third kappa shape index (κ3) is 4.19. The highest BCUT2D eigenvalue weighted by atomic mass is 35.5. The Hall–Kier alpha value is -2.61. The van der Waals surface area contributed by atoms with Crippen molar-refractivity contribution >= 4 is 23.5 Å². The van der Waals surface area contributed by atoms with Gasteiger partial charge in [0.15, 0.2) is 5.69 Å².